The van der Waals surface area contributed by atoms with E-state index >= 15 is 0 Å². The van der Waals surface area contributed by atoms with Crippen molar-refractivity contribution in [2.24, 2.45) is 11.8 Å². The standard InChI is InChI=1S/C10H18N2O4/c1-6-4-11-5-7(6)9(14)12-8(2-3-13)10(15)16/h6-8,11,13H,2-5H2,1H3,(H,12,14)(H,15,16)/t6-,7-,8+/m1/s1. The molecule has 3 atom stereocenters. The lowest BCUT2D eigenvalue weighted by molar-refractivity contribution is -0.143. The number of carboxylic acid groups (broad SMARTS) is 1. The Labute approximate surface area is 94.0 Å². The van der Waals surface area contributed by atoms with E-state index in [0.29, 0.717) is 6.54 Å². The van der Waals surface area contributed by atoms with Crippen molar-refractivity contribution in [1.82, 2.24) is 10.6 Å². The van der Waals surface area contributed by atoms with E-state index < -0.39 is 12.0 Å². The molecular formula is C10H18N2O4. The predicted octanol–water partition coefficient (Wildman–Crippen LogP) is -1.21. The molecule has 1 amide bonds. The number of aliphatic hydroxyl groups is 1. The van der Waals surface area contributed by atoms with Crippen LogP contribution in [0, 0.1) is 11.8 Å². The molecule has 6 heteroatoms. The maximum Gasteiger partial charge on any atom is 0.326 e. The summed E-state index contributed by atoms with van der Waals surface area (Å²) in [7, 11) is 0. The molecule has 1 heterocycles. The summed E-state index contributed by atoms with van der Waals surface area (Å²) in [5.74, 6) is -1.33. The first kappa shape index (κ1) is 12.9. The largest absolute Gasteiger partial charge is 0.480 e. The van der Waals surface area contributed by atoms with Gasteiger partial charge in [0.05, 0.1) is 5.92 Å². The lowest BCUT2D eigenvalue weighted by Crippen LogP contribution is -2.45. The molecule has 1 aliphatic rings. The first-order valence-corrected chi connectivity index (χ1v) is 5.41. The zero-order valence-electron chi connectivity index (χ0n) is 9.27. The Kier molecular flexibility index (Phi) is 4.70. The highest BCUT2D eigenvalue weighted by atomic mass is 16.4. The van der Waals surface area contributed by atoms with Gasteiger partial charge >= 0.3 is 5.97 Å². The highest BCUT2D eigenvalue weighted by molar-refractivity contribution is 5.85. The van der Waals surface area contributed by atoms with Crippen molar-refractivity contribution in [3.63, 3.8) is 0 Å². The molecule has 1 saturated heterocycles. The van der Waals surface area contributed by atoms with Crippen molar-refractivity contribution in [2.75, 3.05) is 19.7 Å². The molecule has 6 nitrogen and oxygen atoms in total. The lowest BCUT2D eigenvalue weighted by atomic mass is 9.97. The van der Waals surface area contributed by atoms with Crippen LogP contribution >= 0.6 is 0 Å². The normalized spacial score (nSPS) is 26.4. The Bertz CT molecular complexity index is 270. The summed E-state index contributed by atoms with van der Waals surface area (Å²) in [6.07, 6.45) is 0.0373. The fourth-order valence-electron chi connectivity index (χ4n) is 1.83. The number of rotatable bonds is 5. The predicted molar refractivity (Wildman–Crippen MR) is 56.8 cm³/mol. The number of aliphatic hydroxyl groups excluding tert-OH is 1. The number of aliphatic carboxylic acids is 1. The second-order valence-electron chi connectivity index (χ2n) is 4.15. The summed E-state index contributed by atoms with van der Waals surface area (Å²) >= 11 is 0. The van der Waals surface area contributed by atoms with E-state index in [-0.39, 0.29) is 30.8 Å². The van der Waals surface area contributed by atoms with Gasteiger partial charge in [-0.1, -0.05) is 6.92 Å². The van der Waals surface area contributed by atoms with Crippen molar-refractivity contribution in [1.29, 1.82) is 0 Å². The average molecular weight is 230 g/mol. The van der Waals surface area contributed by atoms with Gasteiger partial charge in [-0.05, 0) is 12.5 Å². The maximum absolute atomic E-state index is 11.7. The summed E-state index contributed by atoms with van der Waals surface area (Å²) in [5.41, 5.74) is 0. The SMILES string of the molecule is C[C@@H]1CNC[C@H]1C(=O)N[C@@H](CCO)C(=O)O. The molecule has 4 N–H and O–H groups in total. The molecule has 0 aromatic rings. The van der Waals surface area contributed by atoms with Crippen molar-refractivity contribution in [3.05, 3.63) is 0 Å². The summed E-state index contributed by atoms with van der Waals surface area (Å²) in [4.78, 5) is 22.5. The first-order chi connectivity index (χ1) is 7.56. The lowest BCUT2D eigenvalue weighted by Gasteiger charge is -2.18. The van der Waals surface area contributed by atoms with E-state index in [9.17, 15) is 9.59 Å². The van der Waals surface area contributed by atoms with Crippen LogP contribution in [0.4, 0.5) is 0 Å². The van der Waals surface area contributed by atoms with Gasteiger partial charge in [0.15, 0.2) is 0 Å². The topological polar surface area (TPSA) is 98.7 Å². The smallest absolute Gasteiger partial charge is 0.326 e. The quantitative estimate of drug-likeness (QED) is 0.475. The van der Waals surface area contributed by atoms with E-state index in [0.717, 1.165) is 6.54 Å². The third kappa shape index (κ3) is 3.18. The van der Waals surface area contributed by atoms with E-state index in [4.69, 9.17) is 10.2 Å². The molecule has 0 aliphatic carbocycles. The molecule has 0 spiro atoms. The van der Waals surface area contributed by atoms with Crippen LogP contribution < -0.4 is 10.6 Å². The fraction of sp³-hybridized carbons (Fsp3) is 0.800. The molecule has 16 heavy (non-hydrogen) atoms. The van der Waals surface area contributed by atoms with Crippen molar-refractivity contribution in [2.45, 2.75) is 19.4 Å². The van der Waals surface area contributed by atoms with Crippen LogP contribution in [0.25, 0.3) is 0 Å². The van der Waals surface area contributed by atoms with Gasteiger partial charge in [0.1, 0.15) is 6.04 Å². The second-order valence-corrected chi connectivity index (χ2v) is 4.15. The zero-order valence-corrected chi connectivity index (χ0v) is 9.27. The molecule has 0 aromatic carbocycles. The highest BCUT2D eigenvalue weighted by Gasteiger charge is 2.31. The molecule has 1 fully saturated rings. The molecule has 0 aromatic heterocycles. The number of nitrogens with one attached hydrogen (secondary N) is 2. The number of carboxylic acids is 1. The van der Waals surface area contributed by atoms with Gasteiger partial charge in [-0.2, -0.15) is 0 Å². The minimum Gasteiger partial charge on any atom is -0.480 e. The summed E-state index contributed by atoms with van der Waals surface area (Å²) in [6, 6.07) is -0.995. The Balaban J connectivity index is 2.50. The molecule has 0 saturated carbocycles. The summed E-state index contributed by atoms with van der Waals surface area (Å²) < 4.78 is 0. The monoisotopic (exact) mass is 230 g/mol. The number of carbonyl (C=O) groups is 2. The molecule has 1 aliphatic heterocycles. The fourth-order valence-corrected chi connectivity index (χ4v) is 1.83. The van der Waals surface area contributed by atoms with Crippen LogP contribution in [0.2, 0.25) is 0 Å². The van der Waals surface area contributed by atoms with Crippen LogP contribution in [0.3, 0.4) is 0 Å². The van der Waals surface area contributed by atoms with E-state index in [1.807, 2.05) is 6.92 Å². The van der Waals surface area contributed by atoms with Gasteiger partial charge in [0.2, 0.25) is 5.91 Å². The molecule has 0 bridgehead atoms. The second kappa shape index (κ2) is 5.81. The highest BCUT2D eigenvalue weighted by Crippen LogP contribution is 2.16. The van der Waals surface area contributed by atoms with Gasteiger partial charge in [-0.3, -0.25) is 4.79 Å². The Morgan fingerprint density at radius 2 is 2.19 bits per heavy atom. The summed E-state index contributed by atoms with van der Waals surface area (Å²) in [5, 5.41) is 23.0. The van der Waals surface area contributed by atoms with Gasteiger partial charge in [0.25, 0.3) is 0 Å². The third-order valence-corrected chi connectivity index (χ3v) is 2.89. The van der Waals surface area contributed by atoms with Crippen molar-refractivity contribution in [3.8, 4) is 0 Å². The van der Waals surface area contributed by atoms with Crippen LogP contribution in [0.1, 0.15) is 13.3 Å². The first-order valence-electron chi connectivity index (χ1n) is 5.41. The Morgan fingerprint density at radius 1 is 1.50 bits per heavy atom. The number of hydrogen-bond acceptors (Lipinski definition) is 4. The van der Waals surface area contributed by atoms with Crippen molar-refractivity contribution < 1.29 is 19.8 Å². The molecular weight excluding hydrogens is 212 g/mol. The maximum atomic E-state index is 11.7. The van der Waals surface area contributed by atoms with Gasteiger partial charge in [0, 0.05) is 19.6 Å². The zero-order chi connectivity index (χ0) is 12.1. The third-order valence-electron chi connectivity index (χ3n) is 2.89. The van der Waals surface area contributed by atoms with Crippen LogP contribution in [0.5, 0.6) is 0 Å². The Morgan fingerprint density at radius 3 is 2.62 bits per heavy atom. The van der Waals surface area contributed by atoms with E-state index in [1.54, 1.807) is 0 Å². The van der Waals surface area contributed by atoms with Gasteiger partial charge in [-0.15, -0.1) is 0 Å². The minimum atomic E-state index is -1.11. The van der Waals surface area contributed by atoms with E-state index in [2.05, 4.69) is 10.6 Å². The van der Waals surface area contributed by atoms with Gasteiger partial charge in [-0.25, -0.2) is 4.79 Å². The van der Waals surface area contributed by atoms with Crippen LogP contribution in [-0.2, 0) is 9.59 Å². The number of hydrogen-bond donors (Lipinski definition) is 4. The van der Waals surface area contributed by atoms with E-state index in [1.165, 1.54) is 0 Å². The van der Waals surface area contributed by atoms with Crippen LogP contribution in [0.15, 0.2) is 0 Å². The van der Waals surface area contributed by atoms with Crippen LogP contribution in [-0.4, -0.2) is 47.8 Å². The number of carbonyl (C=O) groups excluding carboxylic acids is 1. The number of amides is 1. The molecule has 1 rings (SSSR count). The molecule has 0 unspecified atom stereocenters. The molecule has 0 radical (unpaired) electrons. The summed E-state index contributed by atoms with van der Waals surface area (Å²) in [6.45, 7) is 3.05. The van der Waals surface area contributed by atoms with Gasteiger partial charge < -0.3 is 20.8 Å². The minimum absolute atomic E-state index is 0.0373. The average Bonchev–Trinajstić information content (AvgIpc) is 2.63. The van der Waals surface area contributed by atoms with Crippen molar-refractivity contribution >= 4 is 11.9 Å². The Hall–Kier alpha value is -1.14. The molecule has 92 valence electrons.